The zero-order valence-electron chi connectivity index (χ0n) is 12.1. The molecule has 1 rings (SSSR count). The van der Waals surface area contributed by atoms with Crippen molar-refractivity contribution in [2.75, 3.05) is 6.54 Å². The van der Waals surface area contributed by atoms with Crippen molar-refractivity contribution in [1.82, 2.24) is 5.32 Å². The van der Waals surface area contributed by atoms with E-state index in [0.717, 1.165) is 18.5 Å². The van der Waals surface area contributed by atoms with E-state index < -0.39 is 0 Å². The normalized spacial score (nSPS) is 12.5. The van der Waals surface area contributed by atoms with Gasteiger partial charge in [-0.3, -0.25) is 10.1 Å². The van der Waals surface area contributed by atoms with E-state index in [1.807, 2.05) is 12.1 Å². The van der Waals surface area contributed by atoms with E-state index in [4.69, 9.17) is 0 Å². The summed E-state index contributed by atoms with van der Waals surface area (Å²) in [5, 5.41) is 14.4. The van der Waals surface area contributed by atoms with E-state index in [9.17, 15) is 10.1 Å². The summed E-state index contributed by atoms with van der Waals surface area (Å²) in [7, 11) is 0. The number of para-hydroxylation sites is 1. The third-order valence-electron chi connectivity index (χ3n) is 2.79. The average Bonchev–Trinajstić information content (AvgIpc) is 2.33. The number of nitrogens with zero attached hydrogens (tertiary/aromatic N) is 1. The van der Waals surface area contributed by atoms with Crippen LogP contribution < -0.4 is 5.32 Å². The first-order valence-corrected chi connectivity index (χ1v) is 6.51. The summed E-state index contributed by atoms with van der Waals surface area (Å²) in [4.78, 5) is 10.6. The lowest BCUT2D eigenvalue weighted by Gasteiger charge is -2.21. The van der Waals surface area contributed by atoms with Crippen LogP contribution in [0.3, 0.4) is 0 Å². The second-order valence-electron chi connectivity index (χ2n) is 5.58. The molecule has 0 saturated heterocycles. The first-order chi connectivity index (χ1) is 8.83. The topological polar surface area (TPSA) is 55.2 Å². The largest absolute Gasteiger partial charge is 0.308 e. The van der Waals surface area contributed by atoms with Crippen molar-refractivity contribution in [3.05, 3.63) is 45.5 Å². The Morgan fingerprint density at radius 3 is 2.53 bits per heavy atom. The van der Waals surface area contributed by atoms with Crippen LogP contribution in [0.1, 0.15) is 39.7 Å². The first-order valence-electron chi connectivity index (χ1n) is 6.51. The second-order valence-corrected chi connectivity index (χ2v) is 5.58. The lowest BCUT2D eigenvalue weighted by atomic mass is 10.0. The molecule has 0 unspecified atom stereocenters. The Balaban J connectivity index is 2.95. The van der Waals surface area contributed by atoms with Crippen molar-refractivity contribution in [3.8, 4) is 0 Å². The van der Waals surface area contributed by atoms with Gasteiger partial charge in [0.2, 0.25) is 0 Å². The SMILES string of the molecule is CCC(=Cc1ccccc1[N+](=O)[O-])CNC(C)(C)C. The quantitative estimate of drug-likeness (QED) is 0.649. The summed E-state index contributed by atoms with van der Waals surface area (Å²) in [6.45, 7) is 9.11. The van der Waals surface area contributed by atoms with Gasteiger partial charge in [0, 0.05) is 18.2 Å². The van der Waals surface area contributed by atoms with Crippen LogP contribution in [0.5, 0.6) is 0 Å². The van der Waals surface area contributed by atoms with E-state index in [2.05, 4.69) is 33.0 Å². The molecule has 0 aliphatic carbocycles. The van der Waals surface area contributed by atoms with Gasteiger partial charge in [-0.05, 0) is 39.3 Å². The summed E-state index contributed by atoms with van der Waals surface area (Å²) >= 11 is 0. The summed E-state index contributed by atoms with van der Waals surface area (Å²) in [6.07, 6.45) is 2.78. The van der Waals surface area contributed by atoms with Crippen molar-refractivity contribution in [2.45, 2.75) is 39.7 Å². The molecule has 0 heterocycles. The molecule has 0 fully saturated rings. The van der Waals surface area contributed by atoms with Crippen molar-refractivity contribution < 1.29 is 4.92 Å². The van der Waals surface area contributed by atoms with Gasteiger partial charge in [0.15, 0.2) is 0 Å². The van der Waals surface area contributed by atoms with Gasteiger partial charge in [-0.15, -0.1) is 0 Å². The molecule has 0 aromatic heterocycles. The van der Waals surface area contributed by atoms with Gasteiger partial charge in [-0.2, -0.15) is 0 Å². The maximum Gasteiger partial charge on any atom is 0.276 e. The molecule has 4 nitrogen and oxygen atoms in total. The minimum absolute atomic E-state index is 0.0386. The van der Waals surface area contributed by atoms with E-state index >= 15 is 0 Å². The highest BCUT2D eigenvalue weighted by Gasteiger charge is 2.12. The molecule has 19 heavy (non-hydrogen) atoms. The summed E-state index contributed by atoms with van der Waals surface area (Å²) in [5.41, 5.74) is 2.02. The van der Waals surface area contributed by atoms with Gasteiger partial charge in [-0.1, -0.05) is 24.6 Å². The average molecular weight is 262 g/mol. The van der Waals surface area contributed by atoms with E-state index in [1.165, 1.54) is 6.07 Å². The van der Waals surface area contributed by atoms with Gasteiger partial charge >= 0.3 is 0 Å². The molecule has 0 aliphatic rings. The third kappa shape index (κ3) is 5.22. The van der Waals surface area contributed by atoms with Gasteiger partial charge in [0.25, 0.3) is 5.69 Å². The highest BCUT2D eigenvalue weighted by molar-refractivity contribution is 5.63. The monoisotopic (exact) mass is 262 g/mol. The Hall–Kier alpha value is -1.68. The van der Waals surface area contributed by atoms with Crippen LogP contribution in [-0.2, 0) is 0 Å². The maximum absolute atomic E-state index is 11.0. The lowest BCUT2D eigenvalue weighted by molar-refractivity contribution is -0.385. The molecule has 104 valence electrons. The Morgan fingerprint density at radius 1 is 1.37 bits per heavy atom. The van der Waals surface area contributed by atoms with Crippen LogP contribution in [0.4, 0.5) is 5.69 Å². The maximum atomic E-state index is 11.0. The molecule has 0 bridgehead atoms. The minimum Gasteiger partial charge on any atom is -0.308 e. The fraction of sp³-hybridized carbons (Fsp3) is 0.467. The predicted octanol–water partition coefficient (Wildman–Crippen LogP) is 3.78. The molecule has 0 saturated carbocycles. The number of hydrogen-bond acceptors (Lipinski definition) is 3. The standard InChI is InChI=1S/C15H22N2O2/c1-5-12(11-16-15(2,3)4)10-13-8-6-7-9-14(13)17(18)19/h6-10,16H,5,11H2,1-4H3. The molecule has 4 heteroatoms. The highest BCUT2D eigenvalue weighted by atomic mass is 16.6. The van der Waals surface area contributed by atoms with Gasteiger partial charge in [0.05, 0.1) is 10.5 Å². The third-order valence-corrected chi connectivity index (χ3v) is 2.79. The fourth-order valence-electron chi connectivity index (χ4n) is 1.65. The molecule has 1 aromatic rings. The molecular weight excluding hydrogens is 240 g/mol. The molecular formula is C15H22N2O2. The molecule has 0 aliphatic heterocycles. The number of nitro groups is 1. The second kappa shape index (κ2) is 6.48. The van der Waals surface area contributed by atoms with Crippen LogP contribution >= 0.6 is 0 Å². The smallest absolute Gasteiger partial charge is 0.276 e. The number of hydrogen-bond donors (Lipinski definition) is 1. The van der Waals surface area contributed by atoms with Crippen LogP contribution in [0.15, 0.2) is 29.8 Å². The van der Waals surface area contributed by atoms with E-state index in [1.54, 1.807) is 12.1 Å². The molecule has 0 radical (unpaired) electrons. The number of nitrogens with one attached hydrogen (secondary N) is 1. The highest BCUT2D eigenvalue weighted by Crippen LogP contribution is 2.21. The van der Waals surface area contributed by atoms with Crippen molar-refractivity contribution in [3.63, 3.8) is 0 Å². The number of rotatable bonds is 5. The van der Waals surface area contributed by atoms with Gasteiger partial charge in [0.1, 0.15) is 0 Å². The fourth-order valence-corrected chi connectivity index (χ4v) is 1.65. The zero-order valence-corrected chi connectivity index (χ0v) is 12.1. The Morgan fingerprint density at radius 2 is 2.00 bits per heavy atom. The Bertz CT molecular complexity index is 473. The molecule has 0 spiro atoms. The zero-order chi connectivity index (χ0) is 14.5. The first kappa shape index (κ1) is 15.4. The Kier molecular flexibility index (Phi) is 5.24. The van der Waals surface area contributed by atoms with E-state index in [0.29, 0.717) is 5.56 Å². The molecule has 1 aromatic carbocycles. The van der Waals surface area contributed by atoms with E-state index in [-0.39, 0.29) is 16.1 Å². The number of benzene rings is 1. The summed E-state index contributed by atoms with van der Waals surface area (Å²) < 4.78 is 0. The predicted molar refractivity (Wildman–Crippen MR) is 79.1 cm³/mol. The van der Waals surface area contributed by atoms with Crippen LogP contribution in [0.2, 0.25) is 0 Å². The molecule has 0 amide bonds. The minimum atomic E-state index is -0.337. The lowest BCUT2D eigenvalue weighted by Crippen LogP contribution is -2.36. The van der Waals surface area contributed by atoms with Gasteiger partial charge in [-0.25, -0.2) is 0 Å². The van der Waals surface area contributed by atoms with Crippen molar-refractivity contribution in [1.29, 1.82) is 0 Å². The Labute approximate surface area is 114 Å². The van der Waals surface area contributed by atoms with Crippen LogP contribution in [0, 0.1) is 10.1 Å². The summed E-state index contributed by atoms with van der Waals surface area (Å²) in [5.74, 6) is 0. The van der Waals surface area contributed by atoms with Gasteiger partial charge < -0.3 is 5.32 Å². The van der Waals surface area contributed by atoms with Crippen molar-refractivity contribution in [2.24, 2.45) is 0 Å². The van der Waals surface area contributed by atoms with Crippen LogP contribution in [-0.4, -0.2) is 17.0 Å². The molecule has 1 N–H and O–H groups in total. The van der Waals surface area contributed by atoms with Crippen LogP contribution in [0.25, 0.3) is 6.08 Å². The van der Waals surface area contributed by atoms with Crippen molar-refractivity contribution >= 4 is 11.8 Å². The molecule has 0 atom stereocenters. The number of nitro benzene ring substituents is 1. The summed E-state index contributed by atoms with van der Waals surface area (Å²) in [6, 6.07) is 6.83.